The zero-order valence-electron chi connectivity index (χ0n) is 20.0. The number of nitrogens with one attached hydrogen (secondary N) is 1. The molecule has 0 unspecified atom stereocenters. The van der Waals surface area contributed by atoms with Crippen LogP contribution in [0.25, 0.3) is 0 Å². The number of benzene rings is 2. The van der Waals surface area contributed by atoms with Gasteiger partial charge in [-0.3, -0.25) is 9.59 Å². The fraction of sp³-hybridized carbons (Fsp3) is 0.321. The summed E-state index contributed by atoms with van der Waals surface area (Å²) in [4.78, 5) is 36.2. The SMILES string of the molecule is CC(=O)O/C(=C\[C@@H]1[C@H](COCc2ccccc2)CC=C[C@H]1NC(=O)OCc1ccccc1)C(C)=O. The summed E-state index contributed by atoms with van der Waals surface area (Å²) in [5.74, 6) is -1.41. The number of hydrogen-bond donors (Lipinski definition) is 1. The van der Waals surface area contributed by atoms with E-state index in [1.165, 1.54) is 13.8 Å². The maximum absolute atomic E-state index is 12.6. The number of alkyl carbamates (subject to hydrolysis) is 1. The first-order valence-electron chi connectivity index (χ1n) is 11.6. The lowest BCUT2D eigenvalue weighted by Crippen LogP contribution is -2.44. The van der Waals surface area contributed by atoms with Crippen LogP contribution in [0.4, 0.5) is 4.79 Å². The summed E-state index contributed by atoms with van der Waals surface area (Å²) >= 11 is 0. The first-order valence-corrected chi connectivity index (χ1v) is 11.6. The van der Waals surface area contributed by atoms with Crippen molar-refractivity contribution in [3.05, 3.63) is 95.8 Å². The Bertz CT molecular complexity index is 1050. The normalized spacial score (nSPS) is 19.6. The van der Waals surface area contributed by atoms with Crippen LogP contribution < -0.4 is 5.32 Å². The quantitative estimate of drug-likeness (QED) is 0.230. The number of hydrogen-bond acceptors (Lipinski definition) is 6. The predicted octanol–water partition coefficient (Wildman–Crippen LogP) is 4.73. The van der Waals surface area contributed by atoms with Crippen molar-refractivity contribution in [2.45, 2.75) is 39.5 Å². The first kappa shape index (κ1) is 25.9. The van der Waals surface area contributed by atoms with Crippen molar-refractivity contribution in [3.63, 3.8) is 0 Å². The molecule has 3 rings (SSSR count). The lowest BCUT2D eigenvalue weighted by atomic mass is 9.79. The molecule has 1 aliphatic carbocycles. The lowest BCUT2D eigenvalue weighted by molar-refractivity contribution is -0.140. The van der Waals surface area contributed by atoms with E-state index in [9.17, 15) is 14.4 Å². The number of Topliss-reactive ketones (excluding diaryl/α,β-unsaturated/α-hetero) is 1. The average molecular weight is 478 g/mol. The highest BCUT2D eigenvalue weighted by molar-refractivity contribution is 5.93. The summed E-state index contributed by atoms with van der Waals surface area (Å²) in [5, 5.41) is 2.88. The molecule has 0 radical (unpaired) electrons. The van der Waals surface area contributed by atoms with Crippen LogP contribution in [0.15, 0.2) is 84.7 Å². The van der Waals surface area contributed by atoms with Gasteiger partial charge in [-0.25, -0.2) is 4.79 Å². The predicted molar refractivity (Wildman–Crippen MR) is 131 cm³/mol. The van der Waals surface area contributed by atoms with E-state index < -0.39 is 18.1 Å². The summed E-state index contributed by atoms with van der Waals surface area (Å²) in [5.41, 5.74) is 1.92. The highest BCUT2D eigenvalue weighted by atomic mass is 16.5. The number of ketones is 1. The van der Waals surface area contributed by atoms with Crippen LogP contribution in [0, 0.1) is 11.8 Å². The molecule has 0 aromatic heterocycles. The minimum absolute atomic E-state index is 0.0460. The van der Waals surface area contributed by atoms with Crippen LogP contribution in [-0.2, 0) is 37.0 Å². The van der Waals surface area contributed by atoms with Gasteiger partial charge in [-0.2, -0.15) is 0 Å². The van der Waals surface area contributed by atoms with Gasteiger partial charge in [-0.1, -0.05) is 72.8 Å². The number of rotatable bonds is 10. The van der Waals surface area contributed by atoms with E-state index in [0.717, 1.165) is 11.1 Å². The summed E-state index contributed by atoms with van der Waals surface area (Å²) in [7, 11) is 0. The van der Waals surface area contributed by atoms with Crippen molar-refractivity contribution in [3.8, 4) is 0 Å². The van der Waals surface area contributed by atoms with Crippen molar-refractivity contribution >= 4 is 17.8 Å². The van der Waals surface area contributed by atoms with E-state index >= 15 is 0 Å². The first-order chi connectivity index (χ1) is 16.9. The molecule has 2 aromatic rings. The minimum atomic E-state index is -0.582. The molecule has 0 spiro atoms. The molecule has 184 valence electrons. The van der Waals surface area contributed by atoms with E-state index in [0.29, 0.717) is 19.6 Å². The summed E-state index contributed by atoms with van der Waals surface area (Å²) in [6.07, 6.45) is 5.56. The Balaban J connectivity index is 1.72. The Hall–Kier alpha value is -3.71. The molecular weight excluding hydrogens is 446 g/mol. The molecule has 1 amide bonds. The van der Waals surface area contributed by atoms with E-state index in [4.69, 9.17) is 14.2 Å². The molecule has 7 heteroatoms. The fourth-order valence-electron chi connectivity index (χ4n) is 3.90. The Morgan fingerprint density at radius 2 is 1.57 bits per heavy atom. The number of carbonyl (C=O) groups excluding carboxylic acids is 3. The third-order valence-electron chi connectivity index (χ3n) is 5.63. The lowest BCUT2D eigenvalue weighted by Gasteiger charge is -2.33. The largest absolute Gasteiger partial charge is 0.445 e. The van der Waals surface area contributed by atoms with E-state index in [2.05, 4.69) is 5.32 Å². The second-order valence-corrected chi connectivity index (χ2v) is 8.41. The standard InChI is InChI=1S/C28H31NO6/c1-20(30)27(35-21(2)31)16-25-24(19-33-17-22-10-5-3-6-11-22)14-9-15-26(25)29-28(32)34-18-23-12-7-4-8-13-23/h3-13,15-16,24-26H,14,17-19H2,1-2H3,(H,29,32)/b27-16-/t24-,25+,26+/m0/s1. The Morgan fingerprint density at radius 1 is 0.943 bits per heavy atom. The molecule has 0 bridgehead atoms. The summed E-state index contributed by atoms with van der Waals surface area (Å²) < 4.78 is 16.5. The molecule has 35 heavy (non-hydrogen) atoms. The van der Waals surface area contributed by atoms with Gasteiger partial charge < -0.3 is 19.5 Å². The van der Waals surface area contributed by atoms with Gasteiger partial charge in [0, 0.05) is 19.8 Å². The maximum Gasteiger partial charge on any atom is 0.407 e. The second-order valence-electron chi connectivity index (χ2n) is 8.41. The molecule has 7 nitrogen and oxygen atoms in total. The third kappa shape index (κ3) is 8.54. The van der Waals surface area contributed by atoms with Gasteiger partial charge >= 0.3 is 12.1 Å². The Morgan fingerprint density at radius 3 is 2.17 bits per heavy atom. The number of amides is 1. The molecule has 0 fully saturated rings. The zero-order valence-corrected chi connectivity index (χ0v) is 20.0. The van der Waals surface area contributed by atoms with Crippen molar-refractivity contribution in [1.29, 1.82) is 0 Å². The maximum atomic E-state index is 12.6. The van der Waals surface area contributed by atoms with Crippen LogP contribution in [0.3, 0.4) is 0 Å². The van der Waals surface area contributed by atoms with Gasteiger partial charge in [0.1, 0.15) is 6.61 Å². The monoisotopic (exact) mass is 477 g/mol. The summed E-state index contributed by atoms with van der Waals surface area (Å²) in [6.45, 7) is 3.56. The molecule has 1 aliphatic rings. The van der Waals surface area contributed by atoms with Gasteiger partial charge in [0.05, 0.1) is 19.3 Å². The zero-order chi connectivity index (χ0) is 25.0. The summed E-state index contributed by atoms with van der Waals surface area (Å²) in [6, 6.07) is 18.7. The van der Waals surface area contributed by atoms with Crippen LogP contribution in [-0.4, -0.2) is 30.5 Å². The molecule has 0 saturated carbocycles. The average Bonchev–Trinajstić information content (AvgIpc) is 2.85. The van der Waals surface area contributed by atoms with E-state index in [-0.39, 0.29) is 30.0 Å². The van der Waals surface area contributed by atoms with Gasteiger partial charge in [0.15, 0.2) is 11.5 Å². The third-order valence-corrected chi connectivity index (χ3v) is 5.63. The van der Waals surface area contributed by atoms with Crippen molar-refractivity contribution < 1.29 is 28.6 Å². The number of allylic oxidation sites excluding steroid dienone is 2. The van der Waals surface area contributed by atoms with Crippen molar-refractivity contribution in [2.24, 2.45) is 11.8 Å². The van der Waals surface area contributed by atoms with Gasteiger partial charge in [-0.15, -0.1) is 0 Å². The van der Waals surface area contributed by atoms with E-state index in [1.807, 2.05) is 72.8 Å². The van der Waals surface area contributed by atoms with Crippen LogP contribution in [0.5, 0.6) is 0 Å². The molecule has 0 saturated heterocycles. The van der Waals surface area contributed by atoms with Crippen LogP contribution in [0.1, 0.15) is 31.4 Å². The molecular formula is C28H31NO6. The fourth-order valence-corrected chi connectivity index (χ4v) is 3.90. The van der Waals surface area contributed by atoms with Crippen molar-refractivity contribution in [1.82, 2.24) is 5.32 Å². The Kier molecular flexibility index (Phi) is 9.80. The van der Waals surface area contributed by atoms with Crippen molar-refractivity contribution in [2.75, 3.05) is 6.61 Å². The molecule has 1 N–H and O–H groups in total. The highest BCUT2D eigenvalue weighted by Crippen LogP contribution is 2.29. The van der Waals surface area contributed by atoms with Crippen LogP contribution in [0.2, 0.25) is 0 Å². The smallest absolute Gasteiger partial charge is 0.407 e. The number of esters is 1. The van der Waals surface area contributed by atoms with Gasteiger partial charge in [0.25, 0.3) is 0 Å². The molecule has 2 aromatic carbocycles. The highest BCUT2D eigenvalue weighted by Gasteiger charge is 2.32. The Labute approximate surface area is 205 Å². The minimum Gasteiger partial charge on any atom is -0.445 e. The van der Waals surface area contributed by atoms with Crippen LogP contribution >= 0.6 is 0 Å². The molecule has 0 aliphatic heterocycles. The topological polar surface area (TPSA) is 90.9 Å². The number of carbonyl (C=O) groups is 3. The second kappa shape index (κ2) is 13.2. The molecule has 0 heterocycles. The number of ether oxygens (including phenoxy) is 3. The van der Waals surface area contributed by atoms with Gasteiger partial charge in [-0.05, 0) is 29.5 Å². The van der Waals surface area contributed by atoms with E-state index in [1.54, 1.807) is 6.08 Å². The van der Waals surface area contributed by atoms with Gasteiger partial charge in [0.2, 0.25) is 0 Å². The molecule has 3 atom stereocenters.